The van der Waals surface area contributed by atoms with E-state index in [2.05, 4.69) is 141 Å². The van der Waals surface area contributed by atoms with E-state index in [9.17, 15) is 0 Å². The van der Waals surface area contributed by atoms with E-state index >= 15 is 0 Å². The molecule has 7 aromatic carbocycles. The fraction of sp³-hybridized carbons (Fsp3) is 0.0612. The Hall–Kier alpha value is -6.98. The molecule has 0 aliphatic heterocycles. The molecule has 0 fully saturated rings. The van der Waals surface area contributed by atoms with E-state index in [0.29, 0.717) is 17.2 Å². The molecule has 0 spiro atoms. The van der Waals surface area contributed by atoms with Gasteiger partial charge in [-0.3, -0.25) is 0 Å². The van der Waals surface area contributed by atoms with Crippen molar-refractivity contribution in [3.05, 3.63) is 169 Å². The van der Waals surface area contributed by atoms with Crippen molar-refractivity contribution in [3.63, 3.8) is 0 Å². The van der Waals surface area contributed by atoms with Gasteiger partial charge in [0, 0.05) is 38.4 Å². The third kappa shape index (κ3) is 4.65. The molecule has 5 nitrogen and oxygen atoms in total. The maximum absolute atomic E-state index is 6.49. The van der Waals surface area contributed by atoms with Gasteiger partial charge >= 0.3 is 0 Å². The van der Waals surface area contributed by atoms with Gasteiger partial charge in [0.05, 0.1) is 11.2 Å². The lowest BCUT2D eigenvalue weighted by molar-refractivity contribution is 0.660. The summed E-state index contributed by atoms with van der Waals surface area (Å²) in [6.45, 7) is 4.60. The molecule has 0 amide bonds. The Kier molecular flexibility index (Phi) is 6.53. The summed E-state index contributed by atoms with van der Waals surface area (Å²) in [4.78, 5) is 20.6. The molecule has 0 radical (unpaired) electrons. The predicted molar refractivity (Wildman–Crippen MR) is 219 cm³/mol. The number of nitrogens with zero attached hydrogens (tertiary/aromatic N) is 4. The molecule has 5 heteroatoms. The van der Waals surface area contributed by atoms with E-state index in [-0.39, 0.29) is 5.41 Å². The van der Waals surface area contributed by atoms with E-state index in [1.54, 1.807) is 0 Å². The largest absolute Gasteiger partial charge is 0.452 e. The third-order valence-corrected chi connectivity index (χ3v) is 11.1. The topological polar surface area (TPSA) is 64.7 Å². The number of rotatable bonds is 4. The molecule has 11 rings (SSSR count). The number of hydrogen-bond donors (Lipinski definition) is 0. The average molecular weight is 693 g/mol. The molecule has 0 bridgehead atoms. The third-order valence-electron chi connectivity index (χ3n) is 11.1. The summed E-state index contributed by atoms with van der Waals surface area (Å²) >= 11 is 0. The average Bonchev–Trinajstić information content (AvgIpc) is 3.71. The van der Waals surface area contributed by atoms with Crippen LogP contribution in [0.1, 0.15) is 25.0 Å². The Morgan fingerprint density at radius 1 is 0.444 bits per heavy atom. The van der Waals surface area contributed by atoms with Crippen molar-refractivity contribution in [2.75, 3.05) is 0 Å². The minimum Gasteiger partial charge on any atom is -0.452 e. The fourth-order valence-electron chi connectivity index (χ4n) is 8.30. The Labute approximate surface area is 311 Å². The molecule has 54 heavy (non-hydrogen) atoms. The molecule has 254 valence electrons. The van der Waals surface area contributed by atoms with Crippen LogP contribution in [-0.2, 0) is 5.41 Å². The van der Waals surface area contributed by atoms with Crippen molar-refractivity contribution in [3.8, 4) is 56.4 Å². The second-order valence-corrected chi connectivity index (χ2v) is 14.7. The maximum Gasteiger partial charge on any atom is 0.180 e. The summed E-state index contributed by atoms with van der Waals surface area (Å²) in [5.41, 5.74) is 13.8. The van der Waals surface area contributed by atoms with Gasteiger partial charge in [0.1, 0.15) is 16.8 Å². The van der Waals surface area contributed by atoms with E-state index in [1.165, 1.54) is 33.0 Å². The van der Waals surface area contributed by atoms with Crippen LogP contribution >= 0.6 is 0 Å². The van der Waals surface area contributed by atoms with Crippen LogP contribution in [0.15, 0.2) is 162 Å². The van der Waals surface area contributed by atoms with Crippen molar-refractivity contribution in [2.45, 2.75) is 19.3 Å². The Morgan fingerprint density at radius 3 is 1.98 bits per heavy atom. The van der Waals surface area contributed by atoms with Crippen molar-refractivity contribution in [2.24, 2.45) is 0 Å². The number of para-hydroxylation sites is 2. The lowest BCUT2D eigenvalue weighted by Crippen LogP contribution is -2.15. The van der Waals surface area contributed by atoms with Crippen molar-refractivity contribution >= 4 is 43.7 Å². The molecule has 0 N–H and O–H groups in total. The van der Waals surface area contributed by atoms with E-state index in [1.807, 2.05) is 30.3 Å². The van der Waals surface area contributed by atoms with Crippen LogP contribution in [0, 0.1) is 0 Å². The second-order valence-electron chi connectivity index (χ2n) is 14.7. The molecule has 1 aliphatic rings. The molecule has 0 atom stereocenters. The maximum atomic E-state index is 6.49. The summed E-state index contributed by atoms with van der Waals surface area (Å²) in [5.74, 6) is 1.34. The lowest BCUT2D eigenvalue weighted by atomic mass is 9.82. The summed E-state index contributed by atoms with van der Waals surface area (Å²) in [6, 6.07) is 54.9. The Bertz CT molecular complexity index is 3140. The summed E-state index contributed by atoms with van der Waals surface area (Å²) < 4.78 is 6.49. The Morgan fingerprint density at radius 2 is 1.09 bits per heavy atom. The molecular weight excluding hydrogens is 661 g/mol. The first-order valence-electron chi connectivity index (χ1n) is 18.3. The van der Waals surface area contributed by atoms with Gasteiger partial charge in [-0.05, 0) is 63.4 Å². The van der Waals surface area contributed by atoms with Crippen LogP contribution in [0.3, 0.4) is 0 Å². The van der Waals surface area contributed by atoms with Gasteiger partial charge in [-0.2, -0.15) is 0 Å². The van der Waals surface area contributed by atoms with Crippen LogP contribution in [-0.4, -0.2) is 19.9 Å². The van der Waals surface area contributed by atoms with E-state index in [4.69, 9.17) is 24.4 Å². The number of benzene rings is 7. The zero-order valence-electron chi connectivity index (χ0n) is 29.7. The highest BCUT2D eigenvalue weighted by Gasteiger charge is 2.35. The first-order valence-corrected chi connectivity index (χ1v) is 18.3. The van der Waals surface area contributed by atoms with Crippen molar-refractivity contribution < 1.29 is 4.42 Å². The van der Waals surface area contributed by atoms with E-state index < -0.39 is 0 Å². The molecule has 3 heterocycles. The Balaban J connectivity index is 1.04. The minimum atomic E-state index is -0.133. The van der Waals surface area contributed by atoms with Crippen LogP contribution in [0.25, 0.3) is 100 Å². The predicted octanol–water partition coefficient (Wildman–Crippen LogP) is 12.4. The number of furan rings is 1. The fourth-order valence-corrected chi connectivity index (χ4v) is 8.30. The quantitative estimate of drug-likeness (QED) is 0.184. The zero-order valence-corrected chi connectivity index (χ0v) is 29.7. The zero-order chi connectivity index (χ0) is 36.0. The molecule has 0 unspecified atom stereocenters. The molecule has 1 aliphatic carbocycles. The molecular formula is C49H32N4O. The number of aromatic nitrogens is 4. The number of fused-ring (bicyclic) bond motifs is 8. The first kappa shape index (κ1) is 30.6. The first-order chi connectivity index (χ1) is 26.5. The van der Waals surface area contributed by atoms with Crippen LogP contribution in [0.2, 0.25) is 0 Å². The van der Waals surface area contributed by atoms with Gasteiger partial charge in [0.15, 0.2) is 17.2 Å². The van der Waals surface area contributed by atoms with Crippen LogP contribution in [0.5, 0.6) is 0 Å². The SMILES string of the molecule is CC1(C)c2ccccc2-c2ccc(-c3nc(-c4ccc(-c5nc(-c6ccc7ccccc7c6)c6ccccc6n5)cc4)c4oc5ccccc5c4n3)cc21. The highest BCUT2D eigenvalue weighted by molar-refractivity contribution is 6.07. The molecule has 0 saturated heterocycles. The van der Waals surface area contributed by atoms with Crippen molar-refractivity contribution in [1.82, 2.24) is 19.9 Å². The van der Waals surface area contributed by atoms with Gasteiger partial charge in [0.2, 0.25) is 0 Å². The number of hydrogen-bond acceptors (Lipinski definition) is 5. The monoisotopic (exact) mass is 692 g/mol. The summed E-state index contributed by atoms with van der Waals surface area (Å²) in [7, 11) is 0. The highest BCUT2D eigenvalue weighted by Crippen LogP contribution is 2.49. The normalized spacial score (nSPS) is 13.1. The minimum absolute atomic E-state index is 0.133. The van der Waals surface area contributed by atoms with Crippen LogP contribution in [0.4, 0.5) is 0 Å². The van der Waals surface area contributed by atoms with E-state index in [0.717, 1.165) is 61.0 Å². The van der Waals surface area contributed by atoms with Gasteiger partial charge in [-0.25, -0.2) is 19.9 Å². The standard InChI is InChI=1S/C49H32N4O/c1-49(2)39-16-8-5-13-35(39)36-26-25-34(28-40(36)49)48-52-44(46-45(53-48)38-15-7-10-18-42(38)54-46)30-20-22-31(23-21-30)47-50-41-17-9-6-14-37(41)43(51-47)33-24-19-29-11-3-4-12-32(29)27-33/h3-28H,1-2H3. The highest BCUT2D eigenvalue weighted by atomic mass is 16.3. The molecule has 3 aromatic heterocycles. The second kappa shape index (κ2) is 11.5. The van der Waals surface area contributed by atoms with Crippen molar-refractivity contribution in [1.29, 1.82) is 0 Å². The van der Waals surface area contributed by atoms with Gasteiger partial charge in [0.25, 0.3) is 0 Å². The molecule has 0 saturated carbocycles. The van der Waals surface area contributed by atoms with Gasteiger partial charge in [-0.15, -0.1) is 0 Å². The van der Waals surface area contributed by atoms with Gasteiger partial charge in [-0.1, -0.05) is 141 Å². The van der Waals surface area contributed by atoms with Crippen LogP contribution < -0.4 is 0 Å². The lowest BCUT2D eigenvalue weighted by Gasteiger charge is -2.21. The smallest absolute Gasteiger partial charge is 0.180 e. The molecule has 10 aromatic rings. The summed E-state index contributed by atoms with van der Waals surface area (Å²) in [5, 5.41) is 4.37. The van der Waals surface area contributed by atoms with Gasteiger partial charge < -0.3 is 4.42 Å². The summed E-state index contributed by atoms with van der Waals surface area (Å²) in [6.07, 6.45) is 0.